The van der Waals surface area contributed by atoms with Crippen LogP contribution >= 0.6 is 0 Å². The van der Waals surface area contributed by atoms with E-state index in [2.05, 4.69) is 5.32 Å². The first-order valence-corrected chi connectivity index (χ1v) is 4.02. The van der Waals surface area contributed by atoms with Crippen LogP contribution in [-0.4, -0.2) is 51.4 Å². The van der Waals surface area contributed by atoms with Crippen molar-refractivity contribution in [3.8, 4) is 0 Å². The van der Waals surface area contributed by atoms with E-state index >= 15 is 0 Å². The van der Waals surface area contributed by atoms with Crippen molar-refractivity contribution in [1.29, 1.82) is 0 Å². The molecule has 0 amide bonds. The molecular weight excluding hydrogens is 174 g/mol. The van der Waals surface area contributed by atoms with Crippen LogP contribution in [0.3, 0.4) is 0 Å². The fourth-order valence-corrected chi connectivity index (χ4v) is 1.39. The molecule has 0 aliphatic heterocycles. The minimum Gasteiger partial charge on any atom is -0.688 e. The highest BCUT2D eigenvalue weighted by Gasteiger charge is 2.46. The molecule has 0 fully saturated rings. The van der Waals surface area contributed by atoms with Crippen LogP contribution in [0.4, 0.5) is 0 Å². The van der Waals surface area contributed by atoms with Gasteiger partial charge in [-0.1, -0.05) is 6.08 Å². The smallest absolute Gasteiger partial charge is 0.136 e. The Morgan fingerprint density at radius 2 is 2.08 bits per heavy atom. The van der Waals surface area contributed by atoms with Crippen molar-refractivity contribution in [1.82, 2.24) is 0 Å². The average Bonchev–Trinajstić information content (AvgIpc) is 2.31. The van der Waals surface area contributed by atoms with E-state index in [0.29, 0.717) is 0 Å². The Hall–Kier alpha value is -0.620. The number of hydrogen-bond donors (Lipinski definition) is 4. The molecule has 0 radical (unpaired) electrons. The largest absolute Gasteiger partial charge is 0.688 e. The van der Waals surface area contributed by atoms with Gasteiger partial charge in [0.25, 0.3) is 0 Å². The van der Waals surface area contributed by atoms with Gasteiger partial charge in [0.2, 0.25) is 0 Å². The van der Waals surface area contributed by atoms with Crippen LogP contribution in [0.15, 0.2) is 11.8 Å². The number of aliphatic hydroxyl groups is 4. The Bertz CT molecular complexity index is 228. The van der Waals surface area contributed by atoms with E-state index in [1.807, 2.05) is 0 Å². The molecule has 1 rings (SSSR count). The molecule has 4 unspecified atom stereocenters. The summed E-state index contributed by atoms with van der Waals surface area (Å²) in [6, 6.07) is 0. The quantitative estimate of drug-likeness (QED) is 0.434. The lowest BCUT2D eigenvalue weighted by Crippen LogP contribution is -2.50. The SMILES string of the molecule is C[N-]C1=CC(O)(C(C)O)C(O)C1O. The summed E-state index contributed by atoms with van der Waals surface area (Å²) in [5, 5.41) is 41.4. The third-order valence-corrected chi connectivity index (χ3v) is 2.38. The van der Waals surface area contributed by atoms with E-state index in [-0.39, 0.29) is 5.70 Å². The van der Waals surface area contributed by atoms with Gasteiger partial charge in [0, 0.05) is 0 Å². The van der Waals surface area contributed by atoms with Gasteiger partial charge < -0.3 is 25.7 Å². The molecule has 0 saturated carbocycles. The number of hydrogen-bond acceptors (Lipinski definition) is 4. The van der Waals surface area contributed by atoms with Crippen molar-refractivity contribution in [2.75, 3.05) is 7.05 Å². The molecule has 5 nitrogen and oxygen atoms in total. The average molecular weight is 188 g/mol. The van der Waals surface area contributed by atoms with Crippen molar-refractivity contribution in [3.63, 3.8) is 0 Å². The minimum absolute atomic E-state index is 0.191. The van der Waals surface area contributed by atoms with Gasteiger partial charge >= 0.3 is 0 Å². The second-order valence-corrected chi connectivity index (χ2v) is 3.25. The summed E-state index contributed by atoms with van der Waals surface area (Å²) in [6.07, 6.45) is -2.63. The normalized spacial score (nSPS) is 41.5. The van der Waals surface area contributed by atoms with Gasteiger partial charge in [0.05, 0.1) is 12.2 Å². The summed E-state index contributed by atoms with van der Waals surface area (Å²) in [5.41, 5.74) is -1.61. The Morgan fingerprint density at radius 1 is 1.54 bits per heavy atom. The lowest BCUT2D eigenvalue weighted by Gasteiger charge is -2.30. The highest BCUT2D eigenvalue weighted by molar-refractivity contribution is 5.35. The minimum atomic E-state index is -1.80. The molecule has 0 aromatic heterocycles. The molecule has 0 saturated heterocycles. The molecule has 0 spiro atoms. The fraction of sp³-hybridized carbons (Fsp3) is 0.750. The van der Waals surface area contributed by atoms with Crippen LogP contribution in [0.2, 0.25) is 0 Å². The number of aliphatic hydroxyl groups excluding tert-OH is 3. The molecule has 76 valence electrons. The van der Waals surface area contributed by atoms with E-state index < -0.39 is 23.9 Å². The maximum atomic E-state index is 9.71. The topological polar surface area (TPSA) is 95.0 Å². The highest BCUT2D eigenvalue weighted by Crippen LogP contribution is 2.33. The van der Waals surface area contributed by atoms with Crippen LogP contribution in [-0.2, 0) is 0 Å². The first-order valence-electron chi connectivity index (χ1n) is 4.02. The zero-order valence-corrected chi connectivity index (χ0v) is 7.55. The first kappa shape index (κ1) is 10.5. The third-order valence-electron chi connectivity index (χ3n) is 2.38. The first-order chi connectivity index (χ1) is 5.93. The predicted molar refractivity (Wildman–Crippen MR) is 46.0 cm³/mol. The fourth-order valence-electron chi connectivity index (χ4n) is 1.39. The Kier molecular flexibility index (Phi) is 2.63. The molecule has 0 aromatic carbocycles. The van der Waals surface area contributed by atoms with Crippen LogP contribution in [0.1, 0.15) is 6.92 Å². The summed E-state index contributed by atoms with van der Waals surface area (Å²) in [6.45, 7) is 1.34. The number of likely N-dealkylation sites (N-methyl/N-ethyl adjacent to an activating group) is 1. The summed E-state index contributed by atoms with van der Waals surface area (Å²) in [5.74, 6) is 0. The van der Waals surface area contributed by atoms with Gasteiger partial charge in [-0.05, 0) is 6.92 Å². The second kappa shape index (κ2) is 3.26. The summed E-state index contributed by atoms with van der Waals surface area (Å²) in [4.78, 5) is 0. The van der Waals surface area contributed by atoms with Gasteiger partial charge in [-0.25, -0.2) is 0 Å². The Balaban J connectivity index is 2.96. The lowest BCUT2D eigenvalue weighted by molar-refractivity contribution is -0.125. The molecule has 1 aliphatic rings. The maximum absolute atomic E-state index is 9.71. The van der Waals surface area contributed by atoms with Crippen LogP contribution in [0.5, 0.6) is 0 Å². The maximum Gasteiger partial charge on any atom is 0.136 e. The zero-order valence-electron chi connectivity index (χ0n) is 7.55. The lowest BCUT2D eigenvalue weighted by atomic mass is 9.94. The van der Waals surface area contributed by atoms with E-state index in [0.717, 1.165) is 0 Å². The molecule has 0 aromatic rings. The van der Waals surface area contributed by atoms with Gasteiger partial charge in [-0.2, -0.15) is 0 Å². The molecule has 0 heterocycles. The van der Waals surface area contributed by atoms with E-state index in [9.17, 15) is 20.4 Å². The molecule has 13 heavy (non-hydrogen) atoms. The van der Waals surface area contributed by atoms with E-state index in [1.54, 1.807) is 0 Å². The van der Waals surface area contributed by atoms with Crippen molar-refractivity contribution in [2.24, 2.45) is 0 Å². The van der Waals surface area contributed by atoms with Crippen LogP contribution in [0, 0.1) is 0 Å². The van der Waals surface area contributed by atoms with Gasteiger partial charge in [0.1, 0.15) is 11.7 Å². The molecule has 0 bridgehead atoms. The standard InChI is InChI=1S/C8H14NO4/c1-4(10)8(13)3-5(9-2)6(11)7(8)12/h3-4,6-7,10-13H,1-2H3/q-1. The molecule has 1 aliphatic carbocycles. The third kappa shape index (κ3) is 1.44. The monoisotopic (exact) mass is 188 g/mol. The Morgan fingerprint density at radius 3 is 2.31 bits per heavy atom. The van der Waals surface area contributed by atoms with Gasteiger partial charge in [-0.15, -0.1) is 12.7 Å². The molecule has 4 N–H and O–H groups in total. The highest BCUT2D eigenvalue weighted by atomic mass is 16.4. The summed E-state index contributed by atoms with van der Waals surface area (Å²) in [7, 11) is 1.44. The molecular formula is C8H14NO4-. The predicted octanol–water partition coefficient (Wildman–Crippen LogP) is -1.28. The van der Waals surface area contributed by atoms with Crippen molar-refractivity contribution in [3.05, 3.63) is 17.1 Å². The van der Waals surface area contributed by atoms with Crippen molar-refractivity contribution in [2.45, 2.75) is 30.8 Å². The van der Waals surface area contributed by atoms with Gasteiger partial charge in [0.15, 0.2) is 0 Å². The van der Waals surface area contributed by atoms with Crippen LogP contribution in [0.25, 0.3) is 5.32 Å². The zero-order chi connectivity index (χ0) is 10.2. The van der Waals surface area contributed by atoms with Crippen molar-refractivity contribution < 1.29 is 20.4 Å². The number of rotatable bonds is 2. The Labute approximate surface area is 76.3 Å². The summed E-state index contributed by atoms with van der Waals surface area (Å²) >= 11 is 0. The number of nitrogens with zero attached hydrogens (tertiary/aromatic N) is 1. The molecule has 4 atom stereocenters. The summed E-state index contributed by atoms with van der Waals surface area (Å²) < 4.78 is 0. The van der Waals surface area contributed by atoms with Crippen LogP contribution < -0.4 is 0 Å². The van der Waals surface area contributed by atoms with Crippen molar-refractivity contribution >= 4 is 0 Å². The second-order valence-electron chi connectivity index (χ2n) is 3.25. The molecule has 5 heteroatoms. The van der Waals surface area contributed by atoms with Gasteiger partial charge in [-0.3, -0.25) is 0 Å². The van der Waals surface area contributed by atoms with E-state index in [1.165, 1.54) is 20.0 Å². The van der Waals surface area contributed by atoms with E-state index in [4.69, 9.17) is 0 Å².